The Morgan fingerprint density at radius 3 is 2.80 bits per heavy atom. The van der Waals surface area contributed by atoms with Crippen LogP contribution in [-0.4, -0.2) is 78.4 Å². The number of benzene rings is 1. The van der Waals surface area contributed by atoms with Gasteiger partial charge in [-0.15, -0.1) is 0 Å². The molecular formula is C22H29ClN4O3. The van der Waals surface area contributed by atoms with Crippen LogP contribution in [0.4, 0.5) is 0 Å². The van der Waals surface area contributed by atoms with E-state index in [1.54, 1.807) is 19.2 Å². The Balaban J connectivity index is 1.43. The molecule has 0 unspecified atom stereocenters. The summed E-state index contributed by atoms with van der Waals surface area (Å²) in [4.78, 5) is 23.3. The summed E-state index contributed by atoms with van der Waals surface area (Å²) in [6.07, 6.45) is 3.22. The number of rotatable bonds is 4. The van der Waals surface area contributed by atoms with E-state index in [0.29, 0.717) is 33.6 Å². The standard InChI is InChI=1S/C22H29ClN4O3/c1-29-20-14-18-16(13-17(20)23)22(28)27-6-4-19-15(21(27)24-18)3-2-5-26(19)8-7-25-9-11-30-12-10-25/h13-15,19H,2-12H2,1H3/t15-,19+/m0/s1. The van der Waals surface area contributed by atoms with Crippen LogP contribution in [0.3, 0.4) is 0 Å². The lowest BCUT2D eigenvalue weighted by Crippen LogP contribution is -2.52. The van der Waals surface area contributed by atoms with Crippen molar-refractivity contribution in [3.05, 3.63) is 33.3 Å². The van der Waals surface area contributed by atoms with Crippen molar-refractivity contribution in [1.29, 1.82) is 0 Å². The topological polar surface area (TPSA) is 59.8 Å². The van der Waals surface area contributed by atoms with Gasteiger partial charge < -0.3 is 9.47 Å². The fraction of sp³-hybridized carbons (Fsp3) is 0.636. The third kappa shape index (κ3) is 3.62. The summed E-state index contributed by atoms with van der Waals surface area (Å²) in [7, 11) is 1.59. The zero-order valence-electron chi connectivity index (χ0n) is 17.5. The molecule has 5 rings (SSSR count). The molecule has 4 heterocycles. The second-order valence-corrected chi connectivity index (χ2v) is 8.93. The van der Waals surface area contributed by atoms with E-state index in [9.17, 15) is 4.79 Å². The molecule has 0 saturated carbocycles. The van der Waals surface area contributed by atoms with Crippen LogP contribution < -0.4 is 10.3 Å². The highest BCUT2D eigenvalue weighted by Crippen LogP contribution is 2.37. The third-order valence-electron chi connectivity index (χ3n) is 6.94. The minimum atomic E-state index is 0.0171. The highest BCUT2D eigenvalue weighted by atomic mass is 35.5. The number of morpholine rings is 1. The number of likely N-dealkylation sites (tertiary alicyclic amines) is 1. The first-order valence-corrected chi connectivity index (χ1v) is 11.4. The van der Waals surface area contributed by atoms with Crippen LogP contribution in [0.1, 0.15) is 31.0 Å². The molecule has 0 bridgehead atoms. The summed E-state index contributed by atoms with van der Waals surface area (Å²) in [5.41, 5.74) is 0.696. The molecule has 3 aliphatic heterocycles. The maximum Gasteiger partial charge on any atom is 0.261 e. The van der Waals surface area contributed by atoms with E-state index in [1.807, 2.05) is 4.57 Å². The fourth-order valence-electron chi connectivity index (χ4n) is 5.34. The molecule has 0 radical (unpaired) electrons. The first-order valence-electron chi connectivity index (χ1n) is 11.0. The first-order chi connectivity index (χ1) is 14.7. The molecule has 7 nitrogen and oxygen atoms in total. The number of hydrogen-bond acceptors (Lipinski definition) is 6. The SMILES string of the molecule is COc1cc2nc3n(c(=O)c2cc1Cl)CC[C@@H]1[C@@H]3CCCN1CCN1CCOCC1. The van der Waals surface area contributed by atoms with Crippen molar-refractivity contribution in [3.8, 4) is 5.75 Å². The van der Waals surface area contributed by atoms with Crippen molar-refractivity contribution < 1.29 is 9.47 Å². The highest BCUT2D eigenvalue weighted by Gasteiger charge is 2.38. The summed E-state index contributed by atoms with van der Waals surface area (Å²) in [6.45, 7) is 7.74. The Kier molecular flexibility index (Phi) is 5.71. The molecule has 2 atom stereocenters. The Morgan fingerprint density at radius 1 is 1.17 bits per heavy atom. The van der Waals surface area contributed by atoms with Gasteiger partial charge in [0.1, 0.15) is 11.6 Å². The Hall–Kier alpha value is -1.67. The van der Waals surface area contributed by atoms with Gasteiger partial charge in [-0.05, 0) is 31.9 Å². The number of aromatic nitrogens is 2. The van der Waals surface area contributed by atoms with Gasteiger partial charge in [-0.2, -0.15) is 0 Å². The predicted octanol–water partition coefficient (Wildman–Crippen LogP) is 2.34. The zero-order valence-corrected chi connectivity index (χ0v) is 18.2. The number of hydrogen-bond donors (Lipinski definition) is 0. The predicted molar refractivity (Wildman–Crippen MR) is 117 cm³/mol. The minimum absolute atomic E-state index is 0.0171. The second-order valence-electron chi connectivity index (χ2n) is 8.53. The molecule has 3 aliphatic rings. The number of ether oxygens (including phenoxy) is 2. The van der Waals surface area contributed by atoms with E-state index in [0.717, 1.165) is 77.6 Å². The van der Waals surface area contributed by atoms with Gasteiger partial charge in [0.25, 0.3) is 5.56 Å². The lowest BCUT2D eigenvalue weighted by molar-refractivity contribution is 0.0236. The van der Waals surface area contributed by atoms with Crippen molar-refractivity contribution in [1.82, 2.24) is 19.4 Å². The molecule has 0 spiro atoms. The molecule has 0 aliphatic carbocycles. The van der Waals surface area contributed by atoms with E-state index >= 15 is 0 Å². The molecule has 0 N–H and O–H groups in total. The highest BCUT2D eigenvalue weighted by molar-refractivity contribution is 6.32. The molecule has 2 saturated heterocycles. The lowest BCUT2D eigenvalue weighted by atomic mass is 9.83. The molecule has 1 aromatic heterocycles. The molecule has 0 amide bonds. The van der Waals surface area contributed by atoms with Gasteiger partial charge in [0, 0.05) is 50.7 Å². The van der Waals surface area contributed by atoms with Crippen LogP contribution in [0.25, 0.3) is 10.9 Å². The van der Waals surface area contributed by atoms with E-state index in [1.165, 1.54) is 0 Å². The average molecular weight is 433 g/mol. The molecule has 2 aromatic rings. The van der Waals surface area contributed by atoms with Crippen LogP contribution >= 0.6 is 11.6 Å². The van der Waals surface area contributed by atoms with Crippen molar-refractivity contribution in [3.63, 3.8) is 0 Å². The fourth-order valence-corrected chi connectivity index (χ4v) is 5.58. The Labute approximate surface area is 181 Å². The van der Waals surface area contributed by atoms with Gasteiger partial charge in [-0.25, -0.2) is 4.98 Å². The number of nitrogens with zero attached hydrogens (tertiary/aromatic N) is 4. The van der Waals surface area contributed by atoms with Crippen LogP contribution in [0.5, 0.6) is 5.75 Å². The lowest BCUT2D eigenvalue weighted by Gasteiger charge is -2.45. The van der Waals surface area contributed by atoms with Crippen LogP contribution in [0.2, 0.25) is 5.02 Å². The van der Waals surface area contributed by atoms with E-state index in [4.69, 9.17) is 26.1 Å². The van der Waals surface area contributed by atoms with Crippen molar-refractivity contribution in [2.45, 2.75) is 37.8 Å². The molecular weight excluding hydrogens is 404 g/mol. The Morgan fingerprint density at radius 2 is 2.00 bits per heavy atom. The normalized spacial score (nSPS) is 25.1. The number of halogens is 1. The summed E-state index contributed by atoms with van der Waals surface area (Å²) in [5.74, 6) is 1.80. The number of methoxy groups -OCH3 is 1. The maximum atomic E-state index is 13.2. The number of piperidine rings is 1. The van der Waals surface area contributed by atoms with Crippen LogP contribution in [0.15, 0.2) is 16.9 Å². The molecule has 8 heteroatoms. The molecule has 162 valence electrons. The number of fused-ring (bicyclic) bond motifs is 4. The van der Waals surface area contributed by atoms with Crippen molar-refractivity contribution >= 4 is 22.5 Å². The minimum Gasteiger partial charge on any atom is -0.495 e. The summed E-state index contributed by atoms with van der Waals surface area (Å²) in [6, 6.07) is 3.95. The van der Waals surface area contributed by atoms with Gasteiger partial charge in [-0.1, -0.05) is 11.6 Å². The van der Waals surface area contributed by atoms with Gasteiger partial charge in [0.05, 0.1) is 36.2 Å². The third-order valence-corrected chi connectivity index (χ3v) is 7.23. The van der Waals surface area contributed by atoms with Gasteiger partial charge in [0.2, 0.25) is 0 Å². The van der Waals surface area contributed by atoms with Crippen molar-refractivity contribution in [2.75, 3.05) is 53.0 Å². The smallest absolute Gasteiger partial charge is 0.261 e. The summed E-state index contributed by atoms with van der Waals surface area (Å²) in [5, 5.41) is 1.02. The van der Waals surface area contributed by atoms with E-state index in [2.05, 4.69) is 9.80 Å². The van der Waals surface area contributed by atoms with Gasteiger partial charge in [-0.3, -0.25) is 19.2 Å². The van der Waals surface area contributed by atoms with Crippen LogP contribution in [0, 0.1) is 0 Å². The zero-order chi connectivity index (χ0) is 20.7. The average Bonchev–Trinajstić information content (AvgIpc) is 2.78. The van der Waals surface area contributed by atoms with E-state index < -0.39 is 0 Å². The first kappa shape index (κ1) is 20.2. The molecule has 1 aromatic carbocycles. The second kappa shape index (κ2) is 8.46. The molecule has 2 fully saturated rings. The van der Waals surface area contributed by atoms with Gasteiger partial charge >= 0.3 is 0 Å². The quantitative estimate of drug-likeness (QED) is 0.739. The van der Waals surface area contributed by atoms with Crippen LogP contribution in [-0.2, 0) is 11.3 Å². The summed E-state index contributed by atoms with van der Waals surface area (Å²) < 4.78 is 12.7. The van der Waals surface area contributed by atoms with Crippen molar-refractivity contribution in [2.24, 2.45) is 0 Å². The van der Waals surface area contributed by atoms with E-state index in [-0.39, 0.29) is 5.56 Å². The molecule has 30 heavy (non-hydrogen) atoms. The van der Waals surface area contributed by atoms with Gasteiger partial charge in [0.15, 0.2) is 0 Å². The Bertz CT molecular complexity index is 988. The maximum absolute atomic E-state index is 13.2. The summed E-state index contributed by atoms with van der Waals surface area (Å²) >= 11 is 6.27. The monoisotopic (exact) mass is 432 g/mol. The largest absolute Gasteiger partial charge is 0.495 e.